The number of aryl methyl sites for hydroxylation is 1. The topological polar surface area (TPSA) is 60.4 Å². The second-order valence-electron chi connectivity index (χ2n) is 2.92. The highest BCUT2D eigenvalue weighted by Gasteiger charge is 2.04. The van der Waals surface area contributed by atoms with E-state index in [0.717, 1.165) is 11.2 Å². The van der Waals surface area contributed by atoms with Gasteiger partial charge in [0, 0.05) is 17.5 Å². The van der Waals surface area contributed by atoms with Crippen LogP contribution in [-0.2, 0) is 0 Å². The standard InChI is InChI=1S/C9H9N3O/c1-6-4-7(9(10)13)5-8-2-3-11-12(6)8/h2-5H,1H3,(H2,10,13). The summed E-state index contributed by atoms with van der Waals surface area (Å²) in [4.78, 5) is 10.9. The molecule has 2 aromatic rings. The zero-order chi connectivity index (χ0) is 9.42. The molecule has 4 heteroatoms. The third kappa shape index (κ3) is 1.16. The number of hydrogen-bond donors (Lipinski definition) is 1. The number of primary amides is 1. The average Bonchev–Trinajstić information content (AvgIpc) is 2.51. The molecule has 13 heavy (non-hydrogen) atoms. The van der Waals surface area contributed by atoms with Gasteiger partial charge in [-0.15, -0.1) is 0 Å². The molecule has 4 nitrogen and oxygen atoms in total. The molecule has 2 aromatic heterocycles. The van der Waals surface area contributed by atoms with E-state index < -0.39 is 5.91 Å². The number of carbonyl (C=O) groups excluding carboxylic acids is 1. The number of rotatable bonds is 1. The Morgan fingerprint density at radius 1 is 1.54 bits per heavy atom. The van der Waals surface area contributed by atoms with Crippen LogP contribution in [0.3, 0.4) is 0 Å². The van der Waals surface area contributed by atoms with Crippen LogP contribution >= 0.6 is 0 Å². The van der Waals surface area contributed by atoms with Gasteiger partial charge < -0.3 is 5.73 Å². The molecule has 66 valence electrons. The minimum absolute atomic E-state index is 0.410. The van der Waals surface area contributed by atoms with E-state index in [1.165, 1.54) is 0 Å². The van der Waals surface area contributed by atoms with Gasteiger partial charge in [0.1, 0.15) is 0 Å². The Kier molecular flexibility index (Phi) is 1.55. The first-order valence-electron chi connectivity index (χ1n) is 3.92. The maximum Gasteiger partial charge on any atom is 0.248 e. The number of pyridine rings is 1. The maximum atomic E-state index is 10.9. The smallest absolute Gasteiger partial charge is 0.248 e. The van der Waals surface area contributed by atoms with Gasteiger partial charge in [-0.3, -0.25) is 4.79 Å². The Labute approximate surface area is 75.0 Å². The van der Waals surface area contributed by atoms with Crippen molar-refractivity contribution < 1.29 is 4.79 Å². The second kappa shape index (κ2) is 2.58. The summed E-state index contributed by atoms with van der Waals surface area (Å²) in [5.41, 5.74) is 7.48. The summed E-state index contributed by atoms with van der Waals surface area (Å²) in [5.74, 6) is -0.410. The molecule has 0 bridgehead atoms. The van der Waals surface area contributed by atoms with Crippen molar-refractivity contribution in [3.05, 3.63) is 35.7 Å². The van der Waals surface area contributed by atoms with Crippen LogP contribution in [0, 0.1) is 6.92 Å². The quantitative estimate of drug-likeness (QED) is 0.694. The van der Waals surface area contributed by atoms with E-state index in [9.17, 15) is 4.79 Å². The lowest BCUT2D eigenvalue weighted by molar-refractivity contribution is 0.1000. The average molecular weight is 175 g/mol. The number of aromatic nitrogens is 2. The van der Waals surface area contributed by atoms with Gasteiger partial charge in [0.25, 0.3) is 0 Å². The van der Waals surface area contributed by atoms with Gasteiger partial charge in [0.05, 0.1) is 5.52 Å². The van der Waals surface area contributed by atoms with Crippen LogP contribution in [-0.4, -0.2) is 15.5 Å². The molecule has 0 aromatic carbocycles. The molecule has 0 spiro atoms. The summed E-state index contributed by atoms with van der Waals surface area (Å²) >= 11 is 0. The van der Waals surface area contributed by atoms with Gasteiger partial charge >= 0.3 is 0 Å². The van der Waals surface area contributed by atoms with Gasteiger partial charge in [-0.1, -0.05) is 0 Å². The molecule has 1 amide bonds. The van der Waals surface area contributed by atoms with Gasteiger partial charge in [0.15, 0.2) is 0 Å². The summed E-state index contributed by atoms with van der Waals surface area (Å²) in [7, 11) is 0. The summed E-state index contributed by atoms with van der Waals surface area (Å²) in [6.07, 6.45) is 1.69. The molecular formula is C9H9N3O. The number of amides is 1. The van der Waals surface area contributed by atoms with Gasteiger partial charge in [-0.25, -0.2) is 4.52 Å². The molecular weight excluding hydrogens is 166 g/mol. The van der Waals surface area contributed by atoms with Gasteiger partial charge in [-0.2, -0.15) is 5.10 Å². The minimum atomic E-state index is -0.410. The van der Waals surface area contributed by atoms with Crippen molar-refractivity contribution in [3.8, 4) is 0 Å². The molecule has 0 aliphatic carbocycles. The van der Waals surface area contributed by atoms with Crippen molar-refractivity contribution in [1.29, 1.82) is 0 Å². The molecule has 0 aliphatic heterocycles. The van der Waals surface area contributed by atoms with E-state index in [1.54, 1.807) is 22.8 Å². The van der Waals surface area contributed by atoms with Crippen LogP contribution in [0.4, 0.5) is 0 Å². The van der Waals surface area contributed by atoms with E-state index in [1.807, 2.05) is 13.0 Å². The van der Waals surface area contributed by atoms with Crippen molar-refractivity contribution in [1.82, 2.24) is 9.61 Å². The number of hydrogen-bond acceptors (Lipinski definition) is 2. The van der Waals surface area contributed by atoms with Crippen molar-refractivity contribution in [2.24, 2.45) is 5.73 Å². The predicted octanol–water partition coefficient (Wildman–Crippen LogP) is 0.742. The lowest BCUT2D eigenvalue weighted by Gasteiger charge is -2.01. The molecule has 2 rings (SSSR count). The van der Waals surface area contributed by atoms with Crippen LogP contribution in [0.15, 0.2) is 24.4 Å². The van der Waals surface area contributed by atoms with Crippen molar-refractivity contribution in [3.63, 3.8) is 0 Å². The van der Waals surface area contributed by atoms with E-state index >= 15 is 0 Å². The Balaban J connectivity index is 2.77. The summed E-state index contributed by atoms with van der Waals surface area (Å²) in [6.45, 7) is 1.88. The van der Waals surface area contributed by atoms with E-state index in [-0.39, 0.29) is 0 Å². The van der Waals surface area contributed by atoms with Crippen LogP contribution in [0.2, 0.25) is 0 Å². The number of carbonyl (C=O) groups is 1. The molecule has 0 unspecified atom stereocenters. The van der Waals surface area contributed by atoms with E-state index in [0.29, 0.717) is 5.56 Å². The molecule has 0 fully saturated rings. The van der Waals surface area contributed by atoms with Crippen molar-refractivity contribution >= 4 is 11.4 Å². The first kappa shape index (κ1) is 7.79. The Morgan fingerprint density at radius 2 is 2.31 bits per heavy atom. The van der Waals surface area contributed by atoms with Crippen LogP contribution in [0.1, 0.15) is 16.1 Å². The van der Waals surface area contributed by atoms with E-state index in [2.05, 4.69) is 5.10 Å². The Morgan fingerprint density at radius 3 is 3.00 bits per heavy atom. The zero-order valence-corrected chi connectivity index (χ0v) is 7.19. The lowest BCUT2D eigenvalue weighted by atomic mass is 10.2. The Bertz CT molecular complexity index is 473. The highest BCUT2D eigenvalue weighted by atomic mass is 16.1. The minimum Gasteiger partial charge on any atom is -0.366 e. The molecule has 0 atom stereocenters. The number of nitrogens with two attached hydrogens (primary N) is 1. The third-order valence-electron chi connectivity index (χ3n) is 1.96. The third-order valence-corrected chi connectivity index (χ3v) is 1.96. The number of fused-ring (bicyclic) bond motifs is 1. The maximum absolute atomic E-state index is 10.9. The zero-order valence-electron chi connectivity index (χ0n) is 7.19. The first-order valence-corrected chi connectivity index (χ1v) is 3.92. The summed E-state index contributed by atoms with van der Waals surface area (Å²) in [6, 6.07) is 5.28. The highest BCUT2D eigenvalue weighted by molar-refractivity contribution is 5.94. The van der Waals surface area contributed by atoms with Gasteiger partial charge in [-0.05, 0) is 25.1 Å². The lowest BCUT2D eigenvalue weighted by Crippen LogP contribution is -2.12. The van der Waals surface area contributed by atoms with Crippen LogP contribution in [0.5, 0.6) is 0 Å². The van der Waals surface area contributed by atoms with E-state index in [4.69, 9.17) is 5.73 Å². The fraction of sp³-hybridized carbons (Fsp3) is 0.111. The normalized spacial score (nSPS) is 10.5. The summed E-state index contributed by atoms with van der Waals surface area (Å²) in [5, 5.41) is 4.08. The predicted molar refractivity (Wildman–Crippen MR) is 48.4 cm³/mol. The summed E-state index contributed by atoms with van der Waals surface area (Å²) < 4.78 is 1.76. The second-order valence-corrected chi connectivity index (χ2v) is 2.92. The molecule has 0 radical (unpaired) electrons. The SMILES string of the molecule is Cc1cc(C(N)=O)cc2ccnn12. The van der Waals surface area contributed by atoms with Crippen molar-refractivity contribution in [2.45, 2.75) is 6.92 Å². The highest BCUT2D eigenvalue weighted by Crippen LogP contribution is 2.09. The fourth-order valence-corrected chi connectivity index (χ4v) is 1.35. The first-order chi connectivity index (χ1) is 6.18. The molecule has 2 heterocycles. The van der Waals surface area contributed by atoms with Gasteiger partial charge in [0.2, 0.25) is 5.91 Å². The van der Waals surface area contributed by atoms with Crippen LogP contribution in [0.25, 0.3) is 5.52 Å². The fourth-order valence-electron chi connectivity index (χ4n) is 1.35. The molecule has 2 N–H and O–H groups in total. The largest absolute Gasteiger partial charge is 0.366 e. The molecule has 0 saturated heterocycles. The number of nitrogens with zero attached hydrogens (tertiary/aromatic N) is 2. The Hall–Kier alpha value is -1.84. The molecule has 0 saturated carbocycles. The molecule has 0 aliphatic rings. The van der Waals surface area contributed by atoms with Crippen molar-refractivity contribution in [2.75, 3.05) is 0 Å². The monoisotopic (exact) mass is 175 g/mol. The van der Waals surface area contributed by atoms with Crippen LogP contribution < -0.4 is 5.73 Å².